The zero-order chi connectivity index (χ0) is 22.5. The Balaban J connectivity index is 1.87. The first-order valence-corrected chi connectivity index (χ1v) is 11.1. The Labute approximate surface area is 199 Å². The summed E-state index contributed by atoms with van der Waals surface area (Å²) < 4.78 is 0.820. The zero-order valence-electron chi connectivity index (χ0n) is 16.9. The predicted molar refractivity (Wildman–Crippen MR) is 131 cm³/mol. The lowest BCUT2D eigenvalue weighted by Gasteiger charge is -2.15. The van der Waals surface area contributed by atoms with Gasteiger partial charge in [-0.3, -0.25) is 4.79 Å². The maximum atomic E-state index is 13.0. The summed E-state index contributed by atoms with van der Waals surface area (Å²) in [6, 6.07) is 15.5. The average molecular weight is 521 g/mol. The Kier molecular flexibility index (Phi) is 7.59. The summed E-state index contributed by atoms with van der Waals surface area (Å²) >= 11 is 16.0. The summed E-state index contributed by atoms with van der Waals surface area (Å²) in [4.78, 5) is 24.9. The molecule has 3 aromatic carbocycles. The van der Waals surface area contributed by atoms with Gasteiger partial charge in [-0.1, -0.05) is 51.3 Å². The van der Waals surface area contributed by atoms with E-state index >= 15 is 0 Å². The van der Waals surface area contributed by atoms with Gasteiger partial charge >= 0.3 is 6.03 Å². The summed E-state index contributed by atoms with van der Waals surface area (Å²) in [5, 5.41) is 9.58. The van der Waals surface area contributed by atoms with Gasteiger partial charge in [-0.05, 0) is 61.9 Å². The van der Waals surface area contributed by atoms with Gasteiger partial charge in [0.25, 0.3) is 0 Å². The second-order valence-electron chi connectivity index (χ2n) is 6.74. The van der Waals surface area contributed by atoms with Crippen LogP contribution in [0.1, 0.15) is 28.4 Å². The van der Waals surface area contributed by atoms with Crippen molar-refractivity contribution in [2.24, 2.45) is 0 Å². The Morgan fingerprint density at radius 3 is 2.42 bits per heavy atom. The normalized spacial score (nSPS) is 10.5. The number of urea groups is 1. The van der Waals surface area contributed by atoms with Crippen LogP contribution < -0.4 is 16.0 Å². The number of hydrogen-bond donors (Lipinski definition) is 3. The highest BCUT2D eigenvalue weighted by atomic mass is 79.9. The molecule has 0 aliphatic rings. The van der Waals surface area contributed by atoms with Gasteiger partial charge in [0, 0.05) is 32.9 Å². The summed E-state index contributed by atoms with van der Waals surface area (Å²) in [6.07, 6.45) is 0. The molecule has 0 fully saturated rings. The molecular weight excluding hydrogens is 501 g/mol. The molecular formula is C23H20BrCl2N3O2. The molecule has 0 bridgehead atoms. The van der Waals surface area contributed by atoms with Crippen molar-refractivity contribution in [1.82, 2.24) is 5.32 Å². The molecule has 0 aromatic heterocycles. The molecule has 0 radical (unpaired) electrons. The number of ketones is 1. The fourth-order valence-electron chi connectivity index (χ4n) is 2.99. The SMILES string of the molecule is CCNC(=O)Nc1cc(Br)ccc1Nc1ccc(C(=O)c2cccc(Cl)c2C)c(Cl)c1. The van der Waals surface area contributed by atoms with E-state index < -0.39 is 0 Å². The zero-order valence-corrected chi connectivity index (χ0v) is 20.0. The van der Waals surface area contributed by atoms with Crippen LogP contribution in [-0.2, 0) is 0 Å². The van der Waals surface area contributed by atoms with Crippen molar-refractivity contribution in [3.63, 3.8) is 0 Å². The quantitative estimate of drug-likeness (QED) is 0.301. The Hall–Kier alpha value is -2.54. The van der Waals surface area contributed by atoms with Crippen molar-refractivity contribution in [1.29, 1.82) is 0 Å². The molecule has 3 aromatic rings. The number of hydrogen-bond acceptors (Lipinski definition) is 3. The van der Waals surface area contributed by atoms with Gasteiger partial charge in [-0.25, -0.2) is 4.79 Å². The minimum absolute atomic E-state index is 0.196. The second kappa shape index (κ2) is 10.2. The molecule has 0 spiro atoms. The summed E-state index contributed by atoms with van der Waals surface area (Å²) in [5.74, 6) is -0.196. The lowest BCUT2D eigenvalue weighted by molar-refractivity contribution is 0.103. The van der Waals surface area contributed by atoms with Gasteiger partial charge in [-0.2, -0.15) is 0 Å². The molecule has 0 unspecified atom stereocenters. The number of carbonyl (C=O) groups excluding carboxylic acids is 2. The molecule has 5 nitrogen and oxygen atoms in total. The first-order valence-electron chi connectivity index (χ1n) is 9.51. The summed E-state index contributed by atoms with van der Waals surface area (Å²) in [5.41, 5.74) is 3.54. The lowest BCUT2D eigenvalue weighted by atomic mass is 9.99. The van der Waals surface area contributed by atoms with E-state index in [1.165, 1.54) is 0 Å². The van der Waals surface area contributed by atoms with E-state index in [1.807, 2.05) is 19.1 Å². The molecule has 0 aliphatic heterocycles. The number of benzene rings is 3. The third kappa shape index (κ3) is 5.58. The van der Waals surface area contributed by atoms with Crippen molar-refractivity contribution in [2.75, 3.05) is 17.2 Å². The fourth-order valence-corrected chi connectivity index (χ4v) is 3.79. The molecule has 31 heavy (non-hydrogen) atoms. The molecule has 0 atom stereocenters. The molecule has 2 amide bonds. The Morgan fingerprint density at radius 1 is 0.935 bits per heavy atom. The van der Waals surface area contributed by atoms with E-state index in [0.717, 1.165) is 4.47 Å². The van der Waals surface area contributed by atoms with Gasteiger partial charge in [0.05, 0.1) is 16.4 Å². The van der Waals surface area contributed by atoms with Gasteiger partial charge < -0.3 is 16.0 Å². The number of halogens is 3. The minimum Gasteiger partial charge on any atom is -0.354 e. The molecule has 0 saturated carbocycles. The van der Waals surface area contributed by atoms with Crippen molar-refractivity contribution in [3.8, 4) is 0 Å². The first kappa shape index (κ1) is 23.1. The standard InChI is InChI=1S/C23H20BrCl2N3O2/c1-3-27-23(31)29-21-11-14(24)7-10-20(21)28-15-8-9-17(19(26)12-15)22(30)16-5-4-6-18(25)13(16)2/h4-12,28H,3H2,1-2H3,(H2,27,29,31). The monoisotopic (exact) mass is 519 g/mol. The predicted octanol–water partition coefficient (Wildman–Crippen LogP) is 7.18. The van der Waals surface area contributed by atoms with E-state index in [1.54, 1.807) is 49.4 Å². The van der Waals surface area contributed by atoms with E-state index in [2.05, 4.69) is 31.9 Å². The van der Waals surface area contributed by atoms with Crippen LogP contribution >= 0.6 is 39.1 Å². The smallest absolute Gasteiger partial charge is 0.319 e. The number of nitrogens with one attached hydrogen (secondary N) is 3. The van der Waals surface area contributed by atoms with Crippen LogP contribution in [-0.4, -0.2) is 18.4 Å². The number of rotatable bonds is 6. The van der Waals surface area contributed by atoms with E-state index in [-0.39, 0.29) is 11.8 Å². The third-order valence-electron chi connectivity index (χ3n) is 4.57. The Bertz CT molecular complexity index is 1150. The molecule has 3 N–H and O–H groups in total. The van der Waals surface area contributed by atoms with Crippen molar-refractivity contribution in [3.05, 3.63) is 85.8 Å². The number of carbonyl (C=O) groups is 2. The van der Waals surface area contributed by atoms with Crippen LogP contribution in [0.2, 0.25) is 10.0 Å². The van der Waals surface area contributed by atoms with Gasteiger partial charge in [0.1, 0.15) is 0 Å². The second-order valence-corrected chi connectivity index (χ2v) is 8.47. The highest BCUT2D eigenvalue weighted by Crippen LogP contribution is 2.32. The maximum Gasteiger partial charge on any atom is 0.319 e. The molecule has 0 aliphatic carbocycles. The van der Waals surface area contributed by atoms with Crippen molar-refractivity contribution >= 4 is 68.0 Å². The number of amides is 2. The molecule has 160 valence electrons. The van der Waals surface area contributed by atoms with Crippen LogP contribution in [0.15, 0.2) is 59.1 Å². The van der Waals surface area contributed by atoms with Crippen molar-refractivity contribution < 1.29 is 9.59 Å². The maximum absolute atomic E-state index is 13.0. The molecule has 3 rings (SSSR count). The van der Waals surface area contributed by atoms with E-state index in [4.69, 9.17) is 23.2 Å². The number of anilines is 3. The van der Waals surface area contributed by atoms with Crippen LogP contribution in [0, 0.1) is 6.92 Å². The molecule has 0 heterocycles. The fraction of sp³-hybridized carbons (Fsp3) is 0.130. The van der Waals surface area contributed by atoms with Crippen molar-refractivity contribution in [2.45, 2.75) is 13.8 Å². The summed E-state index contributed by atoms with van der Waals surface area (Å²) in [6.45, 7) is 4.16. The van der Waals surface area contributed by atoms with E-state index in [0.29, 0.717) is 50.3 Å². The molecule has 0 saturated heterocycles. The van der Waals surface area contributed by atoms with Crippen LogP contribution in [0.25, 0.3) is 0 Å². The third-order valence-corrected chi connectivity index (χ3v) is 5.79. The first-order chi connectivity index (χ1) is 14.8. The van der Waals surface area contributed by atoms with Crippen LogP contribution in [0.5, 0.6) is 0 Å². The van der Waals surface area contributed by atoms with Gasteiger partial charge in [-0.15, -0.1) is 0 Å². The van der Waals surface area contributed by atoms with Crippen LogP contribution in [0.3, 0.4) is 0 Å². The minimum atomic E-state index is -0.306. The lowest BCUT2D eigenvalue weighted by Crippen LogP contribution is -2.28. The highest BCUT2D eigenvalue weighted by Gasteiger charge is 2.17. The van der Waals surface area contributed by atoms with Crippen LogP contribution in [0.4, 0.5) is 21.9 Å². The Morgan fingerprint density at radius 2 is 1.71 bits per heavy atom. The van der Waals surface area contributed by atoms with Gasteiger partial charge in [0.15, 0.2) is 5.78 Å². The molecule has 8 heteroatoms. The average Bonchev–Trinajstić information content (AvgIpc) is 2.72. The topological polar surface area (TPSA) is 70.2 Å². The largest absolute Gasteiger partial charge is 0.354 e. The highest BCUT2D eigenvalue weighted by molar-refractivity contribution is 9.10. The van der Waals surface area contributed by atoms with E-state index in [9.17, 15) is 9.59 Å². The van der Waals surface area contributed by atoms with Gasteiger partial charge in [0.2, 0.25) is 0 Å². The summed E-state index contributed by atoms with van der Waals surface area (Å²) in [7, 11) is 0.